The molecule has 2 heterocycles. The average Bonchev–Trinajstić information content (AvgIpc) is 2.72. The Hall–Kier alpha value is -1.62. The Morgan fingerprint density at radius 2 is 1.85 bits per heavy atom. The molecule has 1 aromatic heterocycles. The summed E-state index contributed by atoms with van der Waals surface area (Å²) in [6, 6.07) is 3.59. The minimum Gasteiger partial charge on any atom is -0.341 e. The van der Waals surface area contributed by atoms with Crippen LogP contribution in [-0.2, 0) is 17.9 Å². The second kappa shape index (κ2) is 6.70. The molecule has 20 heavy (non-hydrogen) atoms. The number of nitrogens with zero attached hydrogens (tertiary/aromatic N) is 2. The van der Waals surface area contributed by atoms with Crippen LogP contribution in [0.4, 0.5) is 0 Å². The van der Waals surface area contributed by atoms with Crippen LogP contribution in [-0.4, -0.2) is 28.5 Å². The molecule has 1 aromatic rings. The summed E-state index contributed by atoms with van der Waals surface area (Å²) in [6.07, 6.45) is 4.49. The number of likely N-dealkylation sites (tertiary alicyclic amines) is 1. The van der Waals surface area contributed by atoms with Gasteiger partial charge in [0, 0.05) is 30.9 Å². The summed E-state index contributed by atoms with van der Waals surface area (Å²) in [5.41, 5.74) is 6.77. The molecule has 0 unspecified atom stereocenters. The molecule has 0 saturated carbocycles. The first-order chi connectivity index (χ1) is 9.63. The van der Waals surface area contributed by atoms with Gasteiger partial charge in [-0.15, -0.1) is 0 Å². The van der Waals surface area contributed by atoms with Crippen molar-refractivity contribution < 1.29 is 4.79 Å². The third-order valence-electron chi connectivity index (χ3n) is 3.94. The molecule has 2 rings (SSSR count). The Labute approximate surface area is 119 Å². The maximum atomic E-state index is 12.4. The van der Waals surface area contributed by atoms with Gasteiger partial charge in [-0.2, -0.15) is 0 Å². The second-order valence-electron chi connectivity index (χ2n) is 5.39. The Morgan fingerprint density at radius 3 is 2.45 bits per heavy atom. The van der Waals surface area contributed by atoms with Crippen molar-refractivity contribution in [1.82, 2.24) is 9.47 Å². The number of hydrogen-bond donors (Lipinski definition) is 1. The number of carbonyl (C=O) groups excluding carboxylic acids is 1. The van der Waals surface area contributed by atoms with Crippen LogP contribution in [0.5, 0.6) is 0 Å². The van der Waals surface area contributed by atoms with Crippen LogP contribution in [0.25, 0.3) is 0 Å². The maximum Gasteiger partial charge on any atom is 0.255 e. The molecule has 0 bridgehead atoms. The van der Waals surface area contributed by atoms with Crippen molar-refractivity contribution in [2.45, 2.75) is 45.7 Å². The van der Waals surface area contributed by atoms with Crippen LogP contribution >= 0.6 is 0 Å². The van der Waals surface area contributed by atoms with Gasteiger partial charge in [-0.1, -0.05) is 18.9 Å². The quantitative estimate of drug-likeness (QED) is 0.897. The topological polar surface area (TPSA) is 68.3 Å². The molecule has 1 aliphatic heterocycles. The highest BCUT2D eigenvalue weighted by Crippen LogP contribution is 2.10. The van der Waals surface area contributed by atoms with Gasteiger partial charge in [0.25, 0.3) is 5.56 Å². The molecular formula is C15H23N3O2. The lowest BCUT2D eigenvalue weighted by atomic mass is 10.2. The van der Waals surface area contributed by atoms with Crippen molar-refractivity contribution >= 4 is 5.91 Å². The molecular weight excluding hydrogens is 254 g/mol. The highest BCUT2D eigenvalue weighted by molar-refractivity contribution is 5.76. The van der Waals surface area contributed by atoms with E-state index in [9.17, 15) is 9.59 Å². The van der Waals surface area contributed by atoms with Gasteiger partial charge in [-0.05, 0) is 25.8 Å². The zero-order valence-electron chi connectivity index (χ0n) is 12.1. The molecule has 0 radical (unpaired) electrons. The zero-order chi connectivity index (χ0) is 14.5. The van der Waals surface area contributed by atoms with E-state index in [1.165, 1.54) is 17.4 Å². The van der Waals surface area contributed by atoms with Gasteiger partial charge in [0.15, 0.2) is 0 Å². The van der Waals surface area contributed by atoms with Gasteiger partial charge >= 0.3 is 0 Å². The third kappa shape index (κ3) is 3.28. The van der Waals surface area contributed by atoms with E-state index in [0.717, 1.165) is 31.6 Å². The number of carbonyl (C=O) groups is 1. The average molecular weight is 277 g/mol. The number of aromatic nitrogens is 1. The van der Waals surface area contributed by atoms with Crippen molar-refractivity contribution in [3.63, 3.8) is 0 Å². The summed E-state index contributed by atoms with van der Waals surface area (Å²) in [4.78, 5) is 26.5. The standard InChI is InChI=1S/C15H23N3O2/c1-12-6-7-13(10-16)15(20)18(12)11-14(19)17-8-4-2-3-5-9-17/h6-7H,2-5,8-11,16H2,1H3. The molecule has 1 aliphatic rings. The van der Waals surface area contributed by atoms with Gasteiger partial charge in [0.05, 0.1) is 0 Å². The Morgan fingerprint density at radius 1 is 1.20 bits per heavy atom. The number of pyridine rings is 1. The number of nitrogens with two attached hydrogens (primary N) is 1. The Bertz CT molecular complexity index is 528. The maximum absolute atomic E-state index is 12.4. The summed E-state index contributed by atoms with van der Waals surface area (Å²) in [6.45, 7) is 3.79. The highest BCUT2D eigenvalue weighted by atomic mass is 16.2. The number of amides is 1. The Balaban J connectivity index is 2.16. The fourth-order valence-corrected chi connectivity index (χ4v) is 2.62. The molecule has 110 valence electrons. The molecule has 0 aliphatic carbocycles. The van der Waals surface area contributed by atoms with E-state index in [1.807, 2.05) is 17.9 Å². The lowest BCUT2D eigenvalue weighted by Gasteiger charge is -2.21. The number of rotatable bonds is 3. The lowest BCUT2D eigenvalue weighted by molar-refractivity contribution is -0.131. The molecule has 5 nitrogen and oxygen atoms in total. The SMILES string of the molecule is Cc1ccc(CN)c(=O)n1CC(=O)N1CCCCCC1. The minimum atomic E-state index is -0.143. The monoisotopic (exact) mass is 277 g/mol. The van der Waals surface area contributed by atoms with Gasteiger partial charge < -0.3 is 15.2 Å². The summed E-state index contributed by atoms with van der Waals surface area (Å²) < 4.78 is 1.54. The van der Waals surface area contributed by atoms with E-state index in [-0.39, 0.29) is 24.6 Å². The predicted octanol–water partition coefficient (Wildman–Crippen LogP) is 1.02. The first-order valence-corrected chi connectivity index (χ1v) is 7.30. The van der Waals surface area contributed by atoms with Crippen LogP contribution in [0.3, 0.4) is 0 Å². The predicted molar refractivity (Wildman–Crippen MR) is 78.4 cm³/mol. The molecule has 1 fully saturated rings. The van der Waals surface area contributed by atoms with Crippen LogP contribution in [0, 0.1) is 6.92 Å². The van der Waals surface area contributed by atoms with Crippen molar-refractivity contribution in [3.05, 3.63) is 33.7 Å². The first-order valence-electron chi connectivity index (χ1n) is 7.30. The summed E-state index contributed by atoms with van der Waals surface area (Å²) in [7, 11) is 0. The van der Waals surface area contributed by atoms with Gasteiger partial charge in [-0.3, -0.25) is 9.59 Å². The van der Waals surface area contributed by atoms with Crippen molar-refractivity contribution in [2.24, 2.45) is 5.73 Å². The summed E-state index contributed by atoms with van der Waals surface area (Å²) >= 11 is 0. The molecule has 0 spiro atoms. The minimum absolute atomic E-state index is 0.0336. The van der Waals surface area contributed by atoms with Gasteiger partial charge in [-0.25, -0.2) is 0 Å². The lowest BCUT2D eigenvalue weighted by Crippen LogP contribution is -2.38. The van der Waals surface area contributed by atoms with Crippen molar-refractivity contribution in [1.29, 1.82) is 0 Å². The van der Waals surface area contributed by atoms with Gasteiger partial charge in [0.1, 0.15) is 6.54 Å². The molecule has 1 saturated heterocycles. The molecule has 0 atom stereocenters. The fourth-order valence-electron chi connectivity index (χ4n) is 2.62. The smallest absolute Gasteiger partial charge is 0.255 e. The molecule has 2 N–H and O–H groups in total. The summed E-state index contributed by atoms with van der Waals surface area (Å²) in [5.74, 6) is 0.0336. The number of aryl methyl sites for hydroxylation is 1. The van der Waals surface area contributed by atoms with Crippen LogP contribution in [0.2, 0.25) is 0 Å². The van der Waals surface area contributed by atoms with Crippen molar-refractivity contribution in [3.8, 4) is 0 Å². The number of hydrogen-bond acceptors (Lipinski definition) is 3. The van der Waals surface area contributed by atoms with E-state index in [1.54, 1.807) is 6.07 Å². The molecule has 0 aromatic carbocycles. The van der Waals surface area contributed by atoms with Crippen LogP contribution in [0.1, 0.15) is 36.9 Å². The second-order valence-corrected chi connectivity index (χ2v) is 5.39. The normalized spacial score (nSPS) is 16.0. The summed E-state index contributed by atoms with van der Waals surface area (Å²) in [5, 5.41) is 0. The van der Waals surface area contributed by atoms with E-state index in [0.29, 0.717) is 5.56 Å². The van der Waals surface area contributed by atoms with Crippen LogP contribution < -0.4 is 11.3 Å². The van der Waals surface area contributed by atoms with E-state index in [4.69, 9.17) is 5.73 Å². The van der Waals surface area contributed by atoms with E-state index >= 15 is 0 Å². The van der Waals surface area contributed by atoms with Crippen molar-refractivity contribution in [2.75, 3.05) is 13.1 Å². The van der Waals surface area contributed by atoms with E-state index in [2.05, 4.69) is 0 Å². The third-order valence-corrected chi connectivity index (χ3v) is 3.94. The molecule has 5 heteroatoms. The van der Waals surface area contributed by atoms with Crippen LogP contribution in [0.15, 0.2) is 16.9 Å². The van der Waals surface area contributed by atoms with E-state index < -0.39 is 0 Å². The fraction of sp³-hybridized carbons (Fsp3) is 0.600. The Kier molecular flexibility index (Phi) is 4.95. The largest absolute Gasteiger partial charge is 0.341 e. The first kappa shape index (κ1) is 14.8. The van der Waals surface area contributed by atoms with Gasteiger partial charge in [0.2, 0.25) is 5.91 Å². The molecule has 1 amide bonds. The zero-order valence-corrected chi connectivity index (χ0v) is 12.1. The highest BCUT2D eigenvalue weighted by Gasteiger charge is 2.17.